The predicted molar refractivity (Wildman–Crippen MR) is 120 cm³/mol. The summed E-state index contributed by atoms with van der Waals surface area (Å²) >= 11 is 0. The van der Waals surface area contributed by atoms with Gasteiger partial charge < -0.3 is 15.8 Å². The molecule has 4 aromatic rings. The number of rotatable bonds is 4. The van der Waals surface area contributed by atoms with Crippen LogP contribution in [0.3, 0.4) is 0 Å². The van der Waals surface area contributed by atoms with Crippen LogP contribution in [0.25, 0.3) is 22.2 Å². The summed E-state index contributed by atoms with van der Waals surface area (Å²) in [6, 6.07) is 21.2. The van der Waals surface area contributed by atoms with Crippen LogP contribution in [-0.2, 0) is 4.79 Å². The molecule has 3 aromatic carbocycles. The van der Waals surface area contributed by atoms with Gasteiger partial charge in [-0.15, -0.1) is 5.10 Å². The van der Waals surface area contributed by atoms with E-state index in [2.05, 4.69) is 23.5 Å². The molecule has 1 aliphatic heterocycles. The number of benzene rings is 3. The summed E-state index contributed by atoms with van der Waals surface area (Å²) in [6.45, 7) is 1.83. The van der Waals surface area contributed by atoms with Crippen molar-refractivity contribution in [1.29, 1.82) is 0 Å². The molecule has 3 N–H and O–H groups in total. The largest absolute Gasteiger partial charge is 0.497 e. The Morgan fingerprint density at radius 3 is 2.55 bits per heavy atom. The highest BCUT2D eigenvalue weighted by molar-refractivity contribution is 5.96. The van der Waals surface area contributed by atoms with Crippen LogP contribution in [0, 0.1) is 0 Å². The Morgan fingerprint density at radius 2 is 1.81 bits per heavy atom. The van der Waals surface area contributed by atoms with Crippen LogP contribution in [-0.4, -0.2) is 27.8 Å². The van der Waals surface area contributed by atoms with Crippen LogP contribution in [0.5, 0.6) is 5.75 Å². The van der Waals surface area contributed by atoms with Crippen molar-refractivity contribution in [1.82, 2.24) is 14.8 Å². The van der Waals surface area contributed by atoms with Crippen molar-refractivity contribution in [2.45, 2.75) is 13.0 Å². The number of carbonyl (C=O) groups excluding carboxylic acids is 1. The van der Waals surface area contributed by atoms with Gasteiger partial charge in [-0.3, -0.25) is 4.79 Å². The molecule has 2 heterocycles. The van der Waals surface area contributed by atoms with Gasteiger partial charge in [0.1, 0.15) is 11.8 Å². The standard InChI is InChI=1S/C24H21N5O2/c1-14-20(22(25)30)21(16-10-12-17(31-2)13-11-16)29-24(26-14)27-23(28-29)19-9-5-7-15-6-3-4-8-18(15)19/h3-13,21H,1-2H3,(H2,25,30)(H,26,27,28). The number of amides is 1. The fourth-order valence-corrected chi connectivity index (χ4v) is 4.10. The number of ether oxygens (including phenoxy) is 1. The van der Waals surface area contributed by atoms with Crippen LogP contribution >= 0.6 is 0 Å². The van der Waals surface area contributed by atoms with Gasteiger partial charge in [-0.1, -0.05) is 54.6 Å². The molecule has 1 atom stereocenters. The molecule has 154 valence electrons. The number of nitrogens with zero attached hydrogens (tertiary/aromatic N) is 3. The molecule has 7 nitrogen and oxygen atoms in total. The zero-order chi connectivity index (χ0) is 21.5. The molecule has 1 aromatic heterocycles. The van der Waals surface area contributed by atoms with Crippen molar-refractivity contribution in [2.75, 3.05) is 12.4 Å². The smallest absolute Gasteiger partial charge is 0.248 e. The molecule has 0 radical (unpaired) electrons. The molecular weight excluding hydrogens is 390 g/mol. The first-order chi connectivity index (χ1) is 15.1. The second-order valence-electron chi connectivity index (χ2n) is 7.43. The average Bonchev–Trinajstić information content (AvgIpc) is 3.21. The quantitative estimate of drug-likeness (QED) is 0.531. The van der Waals surface area contributed by atoms with Gasteiger partial charge in [0.15, 0.2) is 5.82 Å². The lowest BCUT2D eigenvalue weighted by atomic mass is 9.95. The molecule has 31 heavy (non-hydrogen) atoms. The summed E-state index contributed by atoms with van der Waals surface area (Å²) in [5.41, 5.74) is 8.67. The van der Waals surface area contributed by atoms with E-state index in [1.54, 1.807) is 11.8 Å². The molecule has 0 fully saturated rings. The SMILES string of the molecule is COc1ccc(C2C(C(N)=O)=C(C)Nc3nc(-c4cccc5ccccc45)nn32)cc1. The minimum atomic E-state index is -0.501. The van der Waals surface area contributed by atoms with E-state index in [1.807, 2.05) is 55.5 Å². The number of nitrogens with one attached hydrogen (secondary N) is 1. The Hall–Kier alpha value is -4.13. The number of hydrogen-bond acceptors (Lipinski definition) is 5. The fourth-order valence-electron chi connectivity index (χ4n) is 4.10. The molecule has 1 aliphatic rings. The summed E-state index contributed by atoms with van der Waals surface area (Å²) in [5.74, 6) is 1.37. The molecule has 0 spiro atoms. The molecule has 0 bridgehead atoms. The molecule has 0 saturated heterocycles. The third-order valence-corrected chi connectivity index (χ3v) is 5.58. The van der Waals surface area contributed by atoms with Gasteiger partial charge in [0, 0.05) is 11.3 Å². The molecule has 1 amide bonds. The first-order valence-electron chi connectivity index (χ1n) is 9.93. The van der Waals surface area contributed by atoms with E-state index in [0.29, 0.717) is 23.0 Å². The molecular formula is C24H21N5O2. The minimum Gasteiger partial charge on any atom is -0.497 e. The summed E-state index contributed by atoms with van der Waals surface area (Å²) < 4.78 is 7.00. The number of aromatic nitrogens is 3. The Balaban J connectivity index is 1.69. The van der Waals surface area contributed by atoms with E-state index < -0.39 is 11.9 Å². The molecule has 0 saturated carbocycles. The lowest BCUT2D eigenvalue weighted by Crippen LogP contribution is -2.31. The number of allylic oxidation sites excluding steroid dienone is 1. The molecule has 5 rings (SSSR count). The number of hydrogen-bond donors (Lipinski definition) is 2. The molecule has 0 aliphatic carbocycles. The van der Waals surface area contributed by atoms with Crippen molar-refractivity contribution in [3.05, 3.63) is 83.6 Å². The van der Waals surface area contributed by atoms with E-state index in [0.717, 1.165) is 27.6 Å². The van der Waals surface area contributed by atoms with Crippen LogP contribution < -0.4 is 15.8 Å². The highest BCUT2D eigenvalue weighted by Crippen LogP contribution is 2.37. The summed E-state index contributed by atoms with van der Waals surface area (Å²) in [6.07, 6.45) is 0. The number of anilines is 1. The number of primary amides is 1. The van der Waals surface area contributed by atoms with Crippen molar-refractivity contribution in [2.24, 2.45) is 5.73 Å². The first-order valence-corrected chi connectivity index (χ1v) is 9.93. The van der Waals surface area contributed by atoms with E-state index in [1.165, 1.54) is 0 Å². The Bertz CT molecular complexity index is 1330. The highest BCUT2D eigenvalue weighted by Gasteiger charge is 2.33. The second kappa shape index (κ2) is 7.28. The van der Waals surface area contributed by atoms with Gasteiger partial charge in [0.25, 0.3) is 0 Å². The van der Waals surface area contributed by atoms with Crippen LogP contribution in [0.2, 0.25) is 0 Å². The summed E-state index contributed by atoms with van der Waals surface area (Å²) in [7, 11) is 1.62. The maximum Gasteiger partial charge on any atom is 0.248 e. The zero-order valence-electron chi connectivity index (χ0n) is 17.2. The van der Waals surface area contributed by atoms with Crippen LogP contribution in [0.15, 0.2) is 78.0 Å². The van der Waals surface area contributed by atoms with Crippen molar-refractivity contribution < 1.29 is 9.53 Å². The number of nitrogens with two attached hydrogens (primary N) is 1. The number of carbonyl (C=O) groups is 1. The first kappa shape index (κ1) is 18.9. The van der Waals surface area contributed by atoms with E-state index in [4.69, 9.17) is 20.6 Å². The van der Waals surface area contributed by atoms with Gasteiger partial charge in [0.2, 0.25) is 11.9 Å². The molecule has 7 heteroatoms. The van der Waals surface area contributed by atoms with E-state index in [-0.39, 0.29) is 0 Å². The van der Waals surface area contributed by atoms with Crippen molar-refractivity contribution in [3.8, 4) is 17.1 Å². The predicted octanol–water partition coefficient (Wildman–Crippen LogP) is 3.88. The van der Waals surface area contributed by atoms with E-state index in [9.17, 15) is 4.79 Å². The lowest BCUT2D eigenvalue weighted by Gasteiger charge is -2.27. The second-order valence-corrected chi connectivity index (χ2v) is 7.43. The summed E-state index contributed by atoms with van der Waals surface area (Å²) in [4.78, 5) is 17.1. The monoisotopic (exact) mass is 411 g/mol. The molecule has 1 unspecified atom stereocenters. The van der Waals surface area contributed by atoms with Crippen molar-refractivity contribution in [3.63, 3.8) is 0 Å². The third kappa shape index (κ3) is 3.11. The fraction of sp³-hybridized carbons (Fsp3) is 0.125. The van der Waals surface area contributed by atoms with Gasteiger partial charge in [0.05, 0.1) is 12.7 Å². The van der Waals surface area contributed by atoms with Crippen molar-refractivity contribution >= 4 is 22.6 Å². The minimum absolute atomic E-state index is 0.451. The van der Waals surface area contributed by atoms with Crippen LogP contribution in [0.4, 0.5) is 5.95 Å². The zero-order valence-corrected chi connectivity index (χ0v) is 17.2. The van der Waals surface area contributed by atoms with E-state index >= 15 is 0 Å². The third-order valence-electron chi connectivity index (χ3n) is 5.58. The lowest BCUT2D eigenvalue weighted by molar-refractivity contribution is -0.115. The highest BCUT2D eigenvalue weighted by atomic mass is 16.5. The summed E-state index contributed by atoms with van der Waals surface area (Å²) in [5, 5.41) is 10.2. The van der Waals surface area contributed by atoms with Gasteiger partial charge in [-0.25, -0.2) is 4.68 Å². The average molecular weight is 411 g/mol. The topological polar surface area (TPSA) is 95.1 Å². The van der Waals surface area contributed by atoms with Gasteiger partial charge >= 0.3 is 0 Å². The Labute approximate surface area is 179 Å². The van der Waals surface area contributed by atoms with Crippen LogP contribution in [0.1, 0.15) is 18.5 Å². The maximum atomic E-state index is 12.4. The van der Waals surface area contributed by atoms with Gasteiger partial charge in [-0.05, 0) is 35.4 Å². The Morgan fingerprint density at radius 1 is 1.06 bits per heavy atom. The Kier molecular flexibility index (Phi) is 4.43. The maximum absolute atomic E-state index is 12.4. The van der Waals surface area contributed by atoms with Gasteiger partial charge in [-0.2, -0.15) is 4.98 Å². The normalized spacial score (nSPS) is 15.5. The number of methoxy groups -OCH3 is 1. The number of fused-ring (bicyclic) bond motifs is 2.